The topological polar surface area (TPSA) is 37.4 Å². The minimum Gasteiger partial charge on any atom is -0.207 e. The van der Waals surface area contributed by atoms with Crippen LogP contribution in [0.15, 0.2) is 89.3 Å². The number of hydrogen-bond donors (Lipinski definition) is 0. The summed E-state index contributed by atoms with van der Waals surface area (Å²) in [5.74, 6) is -0.429. The van der Waals surface area contributed by atoms with E-state index in [-0.39, 0.29) is 4.90 Å². The van der Waals surface area contributed by atoms with Crippen LogP contribution in [0, 0.1) is 12.7 Å². The molecule has 0 aromatic heterocycles. The van der Waals surface area contributed by atoms with Crippen molar-refractivity contribution in [1.29, 1.82) is 0 Å². The third kappa shape index (κ3) is 4.05. The van der Waals surface area contributed by atoms with Gasteiger partial charge in [0.05, 0.1) is 17.0 Å². The van der Waals surface area contributed by atoms with Crippen LogP contribution < -0.4 is 0 Å². The largest absolute Gasteiger partial charge is 0.244 e. The second-order valence-electron chi connectivity index (χ2n) is 7.78. The van der Waals surface area contributed by atoms with E-state index in [1.54, 1.807) is 61.5 Å². The van der Waals surface area contributed by atoms with Crippen molar-refractivity contribution in [3.63, 3.8) is 0 Å². The summed E-state index contributed by atoms with van der Waals surface area (Å²) in [6.07, 6.45) is 2.49. The maximum absolute atomic E-state index is 14.9. The molecule has 0 fully saturated rings. The number of hydrogen-bond acceptors (Lipinski definition) is 2. The van der Waals surface area contributed by atoms with E-state index < -0.39 is 27.9 Å². The molecular formula is C25H23ClFNO2S. The third-order valence-electron chi connectivity index (χ3n) is 5.76. The lowest BCUT2D eigenvalue weighted by Crippen LogP contribution is -2.41. The Hall–Kier alpha value is -2.47. The smallest absolute Gasteiger partial charge is 0.207 e. The zero-order chi connectivity index (χ0) is 22.2. The normalized spacial score (nSPS) is 19.8. The molecular weight excluding hydrogens is 433 g/mol. The predicted molar refractivity (Wildman–Crippen MR) is 122 cm³/mol. The Morgan fingerprint density at radius 2 is 1.58 bits per heavy atom. The van der Waals surface area contributed by atoms with Gasteiger partial charge in [0.1, 0.15) is 5.82 Å². The summed E-state index contributed by atoms with van der Waals surface area (Å²) in [6, 6.07) is 19.2. The quantitative estimate of drug-likeness (QED) is 0.415. The fourth-order valence-electron chi connectivity index (χ4n) is 4.21. The maximum Gasteiger partial charge on any atom is 0.244 e. The minimum absolute atomic E-state index is 0.227. The Morgan fingerprint density at radius 1 is 0.935 bits per heavy atom. The van der Waals surface area contributed by atoms with Crippen LogP contribution in [0.4, 0.5) is 4.39 Å². The SMILES string of the molecule is CC1=CCC(c2ccc(Cl)cc2)N(S(=O)(=O)c2ccccc2C)[C@H]1c1ccccc1F. The first-order valence-electron chi connectivity index (χ1n) is 10.1. The average Bonchev–Trinajstić information content (AvgIpc) is 2.75. The minimum atomic E-state index is -3.95. The molecule has 31 heavy (non-hydrogen) atoms. The predicted octanol–water partition coefficient (Wildman–Crippen LogP) is 6.61. The van der Waals surface area contributed by atoms with E-state index in [0.29, 0.717) is 22.6 Å². The molecule has 2 atom stereocenters. The zero-order valence-corrected chi connectivity index (χ0v) is 18.9. The van der Waals surface area contributed by atoms with Crippen LogP contribution in [0.2, 0.25) is 5.02 Å². The second kappa shape index (κ2) is 8.58. The molecule has 1 aliphatic heterocycles. The van der Waals surface area contributed by atoms with Gasteiger partial charge >= 0.3 is 0 Å². The highest BCUT2D eigenvalue weighted by Gasteiger charge is 2.42. The molecule has 1 aliphatic rings. The second-order valence-corrected chi connectivity index (χ2v) is 10.0. The summed E-state index contributed by atoms with van der Waals surface area (Å²) in [4.78, 5) is 0.227. The van der Waals surface area contributed by atoms with Gasteiger partial charge in [-0.1, -0.05) is 71.8 Å². The molecule has 0 bridgehead atoms. The van der Waals surface area contributed by atoms with Gasteiger partial charge in [-0.2, -0.15) is 4.31 Å². The fourth-order valence-corrected chi connectivity index (χ4v) is 6.39. The highest BCUT2D eigenvalue weighted by atomic mass is 35.5. The molecule has 4 rings (SSSR count). The van der Waals surface area contributed by atoms with Crippen LogP contribution in [0.1, 0.15) is 42.1 Å². The van der Waals surface area contributed by atoms with Gasteiger partial charge in [-0.3, -0.25) is 0 Å². The van der Waals surface area contributed by atoms with E-state index >= 15 is 0 Å². The summed E-state index contributed by atoms with van der Waals surface area (Å²) >= 11 is 6.07. The van der Waals surface area contributed by atoms with Crippen LogP contribution in [-0.4, -0.2) is 12.7 Å². The highest BCUT2D eigenvalue weighted by Crippen LogP contribution is 2.46. The summed E-state index contributed by atoms with van der Waals surface area (Å²) in [5, 5.41) is 0.574. The van der Waals surface area contributed by atoms with Crippen LogP contribution in [0.5, 0.6) is 0 Å². The van der Waals surface area contributed by atoms with Crippen molar-refractivity contribution < 1.29 is 12.8 Å². The van der Waals surface area contributed by atoms with Gasteiger partial charge < -0.3 is 0 Å². The molecule has 6 heteroatoms. The maximum atomic E-state index is 14.9. The Kier molecular flexibility index (Phi) is 6.02. The Labute approximate surface area is 187 Å². The van der Waals surface area contributed by atoms with Crippen molar-refractivity contribution in [3.8, 4) is 0 Å². The van der Waals surface area contributed by atoms with E-state index in [0.717, 1.165) is 11.1 Å². The molecule has 0 radical (unpaired) electrons. The van der Waals surface area contributed by atoms with Gasteiger partial charge in [0, 0.05) is 10.6 Å². The Bertz CT molecular complexity index is 1240. The number of rotatable bonds is 4. The van der Waals surface area contributed by atoms with Crippen LogP contribution >= 0.6 is 11.6 Å². The van der Waals surface area contributed by atoms with E-state index in [1.807, 2.05) is 25.1 Å². The lowest BCUT2D eigenvalue weighted by Gasteiger charge is -2.41. The van der Waals surface area contributed by atoms with Gasteiger partial charge in [0.25, 0.3) is 0 Å². The Balaban J connectivity index is 1.96. The molecule has 0 saturated carbocycles. The van der Waals surface area contributed by atoms with Crippen molar-refractivity contribution in [2.75, 3.05) is 0 Å². The van der Waals surface area contributed by atoms with Crippen molar-refractivity contribution in [2.24, 2.45) is 0 Å². The molecule has 1 heterocycles. The van der Waals surface area contributed by atoms with E-state index in [9.17, 15) is 12.8 Å². The van der Waals surface area contributed by atoms with Gasteiger partial charge in [-0.05, 0) is 55.7 Å². The van der Waals surface area contributed by atoms with Crippen molar-refractivity contribution >= 4 is 21.6 Å². The summed E-state index contributed by atoms with van der Waals surface area (Å²) in [5.41, 5.74) is 2.60. The van der Waals surface area contributed by atoms with Gasteiger partial charge in [0.2, 0.25) is 10.0 Å². The highest BCUT2D eigenvalue weighted by molar-refractivity contribution is 7.89. The lowest BCUT2D eigenvalue weighted by atomic mass is 9.90. The number of benzene rings is 3. The van der Waals surface area contributed by atoms with Gasteiger partial charge in [-0.15, -0.1) is 0 Å². The fraction of sp³-hybridized carbons (Fsp3) is 0.200. The lowest BCUT2D eigenvalue weighted by molar-refractivity contribution is 0.257. The molecule has 3 aromatic carbocycles. The molecule has 0 spiro atoms. The standard InChI is InChI=1S/C25H23ClFNO2S/c1-17-7-3-6-10-24(17)31(29,30)28-23(19-12-14-20(26)15-13-19)16-11-18(2)25(28)21-8-4-5-9-22(21)27/h3-15,23,25H,16H2,1-2H3/t23?,25-/m1/s1. The van der Waals surface area contributed by atoms with Crippen molar-refractivity contribution in [3.05, 3.63) is 112 Å². The molecule has 0 amide bonds. The molecule has 0 N–H and O–H groups in total. The monoisotopic (exact) mass is 455 g/mol. The molecule has 3 aromatic rings. The first-order chi connectivity index (χ1) is 14.8. The summed E-state index contributed by atoms with van der Waals surface area (Å²) in [7, 11) is -3.95. The van der Waals surface area contributed by atoms with Crippen LogP contribution in [0.3, 0.4) is 0 Å². The molecule has 0 saturated heterocycles. The number of sulfonamides is 1. The zero-order valence-electron chi connectivity index (χ0n) is 17.3. The molecule has 0 aliphatic carbocycles. The van der Waals surface area contributed by atoms with Crippen LogP contribution in [0.25, 0.3) is 0 Å². The molecule has 3 nitrogen and oxygen atoms in total. The van der Waals surface area contributed by atoms with Crippen LogP contribution in [-0.2, 0) is 10.0 Å². The van der Waals surface area contributed by atoms with Crippen molar-refractivity contribution in [2.45, 2.75) is 37.2 Å². The third-order valence-corrected chi connectivity index (χ3v) is 8.05. The Morgan fingerprint density at radius 3 is 2.26 bits per heavy atom. The summed E-state index contributed by atoms with van der Waals surface area (Å²) in [6.45, 7) is 3.63. The molecule has 160 valence electrons. The van der Waals surface area contributed by atoms with Gasteiger partial charge in [0.15, 0.2) is 0 Å². The number of halogens is 2. The van der Waals surface area contributed by atoms with E-state index in [2.05, 4.69) is 0 Å². The van der Waals surface area contributed by atoms with E-state index in [4.69, 9.17) is 11.6 Å². The van der Waals surface area contributed by atoms with E-state index in [1.165, 1.54) is 10.4 Å². The summed E-state index contributed by atoms with van der Waals surface area (Å²) < 4.78 is 44.5. The first-order valence-corrected chi connectivity index (χ1v) is 11.9. The van der Waals surface area contributed by atoms with Gasteiger partial charge in [-0.25, -0.2) is 12.8 Å². The number of aryl methyl sites for hydroxylation is 1. The first kappa shape index (κ1) is 21.8. The molecule has 1 unspecified atom stereocenters. The van der Waals surface area contributed by atoms with Crippen molar-refractivity contribution in [1.82, 2.24) is 4.31 Å². The number of nitrogens with zero attached hydrogens (tertiary/aromatic N) is 1. The average molecular weight is 456 g/mol.